The van der Waals surface area contributed by atoms with Crippen LogP contribution in [-0.2, 0) is 16.7 Å². The highest BCUT2D eigenvalue weighted by Crippen LogP contribution is 2.69. The van der Waals surface area contributed by atoms with Crippen LogP contribution < -0.4 is 4.72 Å². The van der Waals surface area contributed by atoms with Gasteiger partial charge >= 0.3 is 16.4 Å². The molecule has 1 unspecified atom stereocenters. The van der Waals surface area contributed by atoms with E-state index in [1.807, 2.05) is 12.1 Å². The molecule has 2 saturated carbocycles. The van der Waals surface area contributed by atoms with Crippen LogP contribution in [0.25, 0.3) is 0 Å². The predicted octanol–water partition coefficient (Wildman–Crippen LogP) is 5.90. The Kier molecular flexibility index (Phi) is 7.87. The molecular weight excluding hydrogens is 507 g/mol. The summed E-state index contributed by atoms with van der Waals surface area (Å²) in [4.78, 5) is 0. The van der Waals surface area contributed by atoms with Crippen molar-refractivity contribution in [1.82, 2.24) is 0 Å². The number of allylic oxidation sites excluding steroid dienone is 1. The number of aryl methyl sites for hydroxylation is 1. The van der Waals surface area contributed by atoms with E-state index >= 15 is 0 Å². The molecule has 0 bridgehead atoms. The Hall–Kier alpha value is -1.88. The molecule has 206 valence electrons. The molecule has 0 heterocycles. The summed E-state index contributed by atoms with van der Waals surface area (Å²) in [5.74, 6) is -1.38. The first kappa shape index (κ1) is 28.1. The molecule has 0 radical (unpaired) electrons. The summed E-state index contributed by atoms with van der Waals surface area (Å²) >= 11 is 0. The molecule has 0 amide bonds. The lowest BCUT2D eigenvalue weighted by Crippen LogP contribution is -2.54. The lowest BCUT2D eigenvalue weighted by molar-refractivity contribution is -0.0812. The molecule has 0 saturated heterocycles. The van der Waals surface area contributed by atoms with Crippen LogP contribution in [0.2, 0.25) is 0 Å². The average Bonchev–Trinajstić information content (AvgIpc) is 3.13. The van der Waals surface area contributed by atoms with Gasteiger partial charge in [0.05, 0.1) is 11.8 Å². The molecule has 0 aliphatic heterocycles. The number of benzene rings is 1. The molecule has 3 aliphatic carbocycles. The number of aliphatic hydroxyl groups is 2. The Morgan fingerprint density at radius 1 is 1.27 bits per heavy atom. The summed E-state index contributed by atoms with van der Waals surface area (Å²) < 4.78 is 72.3. The molecule has 1 aromatic rings. The quantitative estimate of drug-likeness (QED) is 0.176. The van der Waals surface area contributed by atoms with Gasteiger partial charge in [0.1, 0.15) is 6.10 Å². The number of aliphatic hydroxyl groups excluding tert-OH is 2. The van der Waals surface area contributed by atoms with Crippen LogP contribution in [0.5, 0.6) is 0 Å². The van der Waals surface area contributed by atoms with E-state index in [-0.39, 0.29) is 40.7 Å². The number of rotatable bonds is 9. The molecular formula is C27H36F3NO5S. The number of unbranched alkanes of at least 4 members (excludes halogenated alkanes) is 1. The zero-order valence-corrected chi connectivity index (χ0v) is 21.8. The molecule has 0 aromatic heterocycles. The molecule has 4 rings (SSSR count). The van der Waals surface area contributed by atoms with Crippen LogP contribution in [0.3, 0.4) is 0 Å². The van der Waals surface area contributed by atoms with Gasteiger partial charge in [0.25, 0.3) is 0 Å². The Morgan fingerprint density at radius 3 is 2.65 bits per heavy atom. The molecule has 1 aromatic carbocycles. The van der Waals surface area contributed by atoms with Crippen molar-refractivity contribution in [2.45, 2.75) is 82.8 Å². The van der Waals surface area contributed by atoms with Crippen LogP contribution in [0.4, 0.5) is 18.9 Å². The van der Waals surface area contributed by atoms with Gasteiger partial charge in [-0.1, -0.05) is 31.9 Å². The van der Waals surface area contributed by atoms with Gasteiger partial charge in [0.15, 0.2) is 5.83 Å². The molecule has 2 fully saturated rings. The second-order valence-corrected chi connectivity index (χ2v) is 12.5. The lowest BCUT2D eigenvalue weighted by atomic mass is 9.44. The van der Waals surface area contributed by atoms with Crippen LogP contribution in [0.15, 0.2) is 42.8 Å². The SMILES string of the molecule is C=C[C@@]12CCc3cc(NS(=O)(=O)O)ccc3[C@H]1[C@@H](CCCCC(O)C(F)=C(F)F)C[C@@]1(C)[C@H]2CC[C@@H]1O. The van der Waals surface area contributed by atoms with E-state index in [1.54, 1.807) is 12.1 Å². The largest absolute Gasteiger partial charge is 0.393 e. The van der Waals surface area contributed by atoms with Crippen molar-refractivity contribution in [3.8, 4) is 0 Å². The first-order valence-electron chi connectivity index (χ1n) is 12.9. The fourth-order valence-corrected chi connectivity index (χ4v) is 8.34. The molecule has 7 atom stereocenters. The maximum absolute atomic E-state index is 13.3. The Labute approximate surface area is 216 Å². The Morgan fingerprint density at radius 2 is 2.00 bits per heavy atom. The van der Waals surface area contributed by atoms with Crippen LogP contribution in [-0.4, -0.2) is 35.4 Å². The lowest BCUT2D eigenvalue weighted by Gasteiger charge is -2.60. The van der Waals surface area contributed by atoms with E-state index in [9.17, 15) is 36.4 Å². The summed E-state index contributed by atoms with van der Waals surface area (Å²) in [5, 5.41) is 20.7. The fraction of sp³-hybridized carbons (Fsp3) is 0.630. The molecule has 4 N–H and O–H groups in total. The molecule has 37 heavy (non-hydrogen) atoms. The van der Waals surface area contributed by atoms with Gasteiger partial charge in [-0.25, -0.2) is 4.39 Å². The van der Waals surface area contributed by atoms with Gasteiger partial charge in [-0.15, -0.1) is 6.58 Å². The van der Waals surface area contributed by atoms with E-state index in [4.69, 9.17) is 0 Å². The maximum Gasteiger partial charge on any atom is 0.357 e. The fourth-order valence-electron chi connectivity index (χ4n) is 7.91. The maximum atomic E-state index is 13.3. The third-order valence-corrected chi connectivity index (χ3v) is 9.89. The first-order valence-corrected chi connectivity index (χ1v) is 14.3. The topological polar surface area (TPSA) is 107 Å². The predicted molar refractivity (Wildman–Crippen MR) is 135 cm³/mol. The van der Waals surface area contributed by atoms with E-state index < -0.39 is 34.4 Å². The van der Waals surface area contributed by atoms with Crippen molar-refractivity contribution in [1.29, 1.82) is 0 Å². The van der Waals surface area contributed by atoms with Crippen LogP contribution >= 0.6 is 0 Å². The standard InChI is InChI=1S/C27H36F3NO5S/c1-3-27-13-12-16-14-18(31-37(34,35)36)8-9-19(16)23(27)17(15-26(2)21(27)10-11-22(26)33)6-4-5-7-20(32)24(28)25(29)30/h3,8-9,14,17,20-23,31-33H,1,4-7,10-13,15H2,2H3,(H,34,35,36)/t17-,20?,21+,22-,23+,26-,27-/m0/s1. The second-order valence-electron chi connectivity index (χ2n) is 11.3. The van der Waals surface area contributed by atoms with E-state index in [2.05, 4.69) is 18.2 Å². The smallest absolute Gasteiger partial charge is 0.357 e. The zero-order valence-electron chi connectivity index (χ0n) is 21.0. The Bertz CT molecular complexity index is 1170. The highest BCUT2D eigenvalue weighted by Gasteiger charge is 2.63. The minimum atomic E-state index is -4.41. The van der Waals surface area contributed by atoms with Gasteiger partial charge in [-0.05, 0) is 96.8 Å². The van der Waals surface area contributed by atoms with Crippen molar-refractivity contribution in [3.63, 3.8) is 0 Å². The third-order valence-electron chi connectivity index (χ3n) is 9.40. The van der Waals surface area contributed by atoms with Gasteiger partial charge in [-0.2, -0.15) is 17.2 Å². The molecule has 10 heteroatoms. The van der Waals surface area contributed by atoms with Crippen molar-refractivity contribution < 1.29 is 36.4 Å². The summed E-state index contributed by atoms with van der Waals surface area (Å²) in [6.07, 6.45) is 2.73. The normalized spacial score (nSPS) is 33.6. The van der Waals surface area contributed by atoms with E-state index in [1.165, 1.54) is 0 Å². The summed E-state index contributed by atoms with van der Waals surface area (Å²) in [6.45, 7) is 6.39. The van der Waals surface area contributed by atoms with Gasteiger partial charge in [-0.3, -0.25) is 9.27 Å². The van der Waals surface area contributed by atoms with Crippen molar-refractivity contribution in [2.24, 2.45) is 22.7 Å². The molecule has 0 spiro atoms. The summed E-state index contributed by atoms with van der Waals surface area (Å²) in [7, 11) is -4.41. The number of nitrogens with one attached hydrogen (secondary N) is 1. The number of fused-ring (bicyclic) bond motifs is 5. The second kappa shape index (κ2) is 10.4. The van der Waals surface area contributed by atoms with Crippen molar-refractivity contribution in [3.05, 3.63) is 53.9 Å². The van der Waals surface area contributed by atoms with Crippen molar-refractivity contribution >= 4 is 16.0 Å². The molecule has 3 aliphatic rings. The molecule has 6 nitrogen and oxygen atoms in total. The van der Waals surface area contributed by atoms with Gasteiger partial charge in [0, 0.05) is 0 Å². The number of halogens is 3. The highest BCUT2D eigenvalue weighted by atomic mass is 32.2. The van der Waals surface area contributed by atoms with Gasteiger partial charge < -0.3 is 10.2 Å². The first-order chi connectivity index (χ1) is 17.3. The number of anilines is 1. The Balaban J connectivity index is 1.64. The zero-order chi connectivity index (χ0) is 27.2. The number of hydrogen-bond donors (Lipinski definition) is 4. The summed E-state index contributed by atoms with van der Waals surface area (Å²) in [6, 6.07) is 5.29. The van der Waals surface area contributed by atoms with Crippen LogP contribution in [0.1, 0.15) is 75.3 Å². The average molecular weight is 544 g/mol. The minimum absolute atomic E-state index is 0.0572. The van der Waals surface area contributed by atoms with E-state index in [0.29, 0.717) is 32.1 Å². The van der Waals surface area contributed by atoms with Crippen molar-refractivity contribution in [2.75, 3.05) is 4.72 Å². The third kappa shape index (κ3) is 5.22. The van der Waals surface area contributed by atoms with Gasteiger partial charge in [0.2, 0.25) is 0 Å². The minimum Gasteiger partial charge on any atom is -0.393 e. The van der Waals surface area contributed by atoms with Crippen LogP contribution in [0, 0.1) is 22.7 Å². The monoisotopic (exact) mass is 543 g/mol. The van der Waals surface area contributed by atoms with E-state index in [0.717, 1.165) is 30.4 Å². The summed E-state index contributed by atoms with van der Waals surface area (Å²) in [5.41, 5.74) is 1.79. The highest BCUT2D eigenvalue weighted by molar-refractivity contribution is 7.87. The number of hydrogen-bond acceptors (Lipinski definition) is 4.